The Labute approximate surface area is 124 Å². The molecule has 0 spiro atoms. The van der Waals surface area contributed by atoms with E-state index in [-0.39, 0.29) is 17.0 Å². The molecule has 0 saturated carbocycles. The Kier molecular flexibility index (Phi) is 3.05. The Balaban J connectivity index is 2.29. The van der Waals surface area contributed by atoms with E-state index in [0.29, 0.717) is 12.1 Å². The molecule has 0 unspecified atom stereocenters. The van der Waals surface area contributed by atoms with Gasteiger partial charge in [0.1, 0.15) is 5.82 Å². The van der Waals surface area contributed by atoms with E-state index in [1.54, 1.807) is 6.07 Å². The normalized spacial score (nSPS) is 16.9. The van der Waals surface area contributed by atoms with Crippen molar-refractivity contribution in [3.8, 4) is 5.69 Å². The number of ketones is 1. The van der Waals surface area contributed by atoms with Gasteiger partial charge in [-0.3, -0.25) is 4.79 Å². The molecule has 0 N–H and O–H groups in total. The summed E-state index contributed by atoms with van der Waals surface area (Å²) in [6.45, 7) is 8.02. The Morgan fingerprint density at radius 3 is 2.57 bits per heavy atom. The van der Waals surface area contributed by atoms with Crippen molar-refractivity contribution >= 4 is 5.78 Å². The van der Waals surface area contributed by atoms with Crippen molar-refractivity contribution < 1.29 is 9.18 Å². The predicted octanol–water partition coefficient (Wildman–Crippen LogP) is 4.39. The van der Waals surface area contributed by atoms with E-state index in [2.05, 4.69) is 13.8 Å². The van der Waals surface area contributed by atoms with Gasteiger partial charge < -0.3 is 4.57 Å². The van der Waals surface area contributed by atoms with Crippen molar-refractivity contribution in [2.24, 2.45) is 5.41 Å². The van der Waals surface area contributed by atoms with Crippen LogP contribution in [0.25, 0.3) is 5.69 Å². The van der Waals surface area contributed by atoms with E-state index >= 15 is 0 Å². The Morgan fingerprint density at radius 2 is 1.90 bits per heavy atom. The van der Waals surface area contributed by atoms with Crippen LogP contribution in [0.1, 0.15) is 47.6 Å². The van der Waals surface area contributed by atoms with Crippen LogP contribution in [0.15, 0.2) is 24.3 Å². The van der Waals surface area contributed by atoms with Crippen molar-refractivity contribution in [3.05, 3.63) is 52.6 Å². The highest BCUT2D eigenvalue weighted by molar-refractivity contribution is 5.99. The minimum atomic E-state index is -0.243. The molecule has 3 heteroatoms. The quantitative estimate of drug-likeness (QED) is 0.761. The highest BCUT2D eigenvalue weighted by Crippen LogP contribution is 2.38. The van der Waals surface area contributed by atoms with Gasteiger partial charge in [0.15, 0.2) is 5.78 Å². The van der Waals surface area contributed by atoms with Gasteiger partial charge in [-0.05, 0) is 43.4 Å². The molecular formula is C18H20FNO. The van der Waals surface area contributed by atoms with Gasteiger partial charge in [-0.25, -0.2) is 4.39 Å². The molecule has 0 atom stereocenters. The topological polar surface area (TPSA) is 22.0 Å². The molecule has 0 saturated heterocycles. The summed E-state index contributed by atoms with van der Waals surface area (Å²) in [7, 11) is 0. The summed E-state index contributed by atoms with van der Waals surface area (Å²) in [6, 6.07) is 7.00. The van der Waals surface area contributed by atoms with Crippen LogP contribution in [0.2, 0.25) is 0 Å². The third kappa shape index (κ3) is 2.21. The van der Waals surface area contributed by atoms with Gasteiger partial charge in [0.2, 0.25) is 0 Å². The molecule has 1 aromatic carbocycles. The molecule has 0 amide bonds. The summed E-state index contributed by atoms with van der Waals surface area (Å²) >= 11 is 0. The molecule has 0 aliphatic heterocycles. The lowest BCUT2D eigenvalue weighted by atomic mass is 9.76. The fraction of sp³-hybridized carbons (Fsp3) is 0.389. The highest BCUT2D eigenvalue weighted by atomic mass is 19.1. The first-order chi connectivity index (χ1) is 9.80. The first kappa shape index (κ1) is 14.1. The number of para-hydroxylation sites is 1. The maximum Gasteiger partial charge on any atom is 0.165 e. The Morgan fingerprint density at radius 1 is 1.19 bits per heavy atom. The average molecular weight is 285 g/mol. The predicted molar refractivity (Wildman–Crippen MR) is 81.6 cm³/mol. The first-order valence-corrected chi connectivity index (χ1v) is 7.30. The van der Waals surface area contributed by atoms with Crippen LogP contribution in [-0.2, 0) is 6.42 Å². The van der Waals surface area contributed by atoms with E-state index in [0.717, 1.165) is 28.9 Å². The fourth-order valence-electron chi connectivity index (χ4n) is 3.37. The fourth-order valence-corrected chi connectivity index (χ4v) is 3.37. The summed E-state index contributed by atoms with van der Waals surface area (Å²) in [4.78, 5) is 12.4. The number of aromatic nitrogens is 1. The van der Waals surface area contributed by atoms with Crippen molar-refractivity contribution in [3.63, 3.8) is 0 Å². The van der Waals surface area contributed by atoms with Crippen LogP contribution in [0.5, 0.6) is 0 Å². The lowest BCUT2D eigenvalue weighted by molar-refractivity contribution is 0.0911. The van der Waals surface area contributed by atoms with Gasteiger partial charge in [-0.15, -0.1) is 0 Å². The zero-order valence-corrected chi connectivity index (χ0v) is 13.0. The number of halogens is 1. The second-order valence-corrected chi connectivity index (χ2v) is 6.83. The number of Topliss-reactive ketones (excluding diaryl/α,β-unsaturated/α-hetero) is 1. The first-order valence-electron chi connectivity index (χ1n) is 7.30. The third-order valence-corrected chi connectivity index (χ3v) is 4.28. The van der Waals surface area contributed by atoms with E-state index < -0.39 is 0 Å². The minimum Gasteiger partial charge on any atom is -0.315 e. The molecule has 0 bridgehead atoms. The highest BCUT2D eigenvalue weighted by Gasteiger charge is 2.34. The standard InChI is InChI=1S/C18H20FNO/c1-11-6-5-7-14(19)17(11)20-12(2)8-13-15(20)9-18(3,4)10-16(13)21/h5-8H,9-10H2,1-4H3. The zero-order valence-electron chi connectivity index (χ0n) is 13.0. The summed E-state index contributed by atoms with van der Waals surface area (Å²) < 4.78 is 16.3. The lowest BCUT2D eigenvalue weighted by Gasteiger charge is -2.30. The van der Waals surface area contributed by atoms with Crippen molar-refractivity contribution in [2.75, 3.05) is 0 Å². The van der Waals surface area contributed by atoms with Crippen molar-refractivity contribution in [1.29, 1.82) is 0 Å². The number of carbonyl (C=O) groups excluding carboxylic acids is 1. The number of hydrogen-bond donors (Lipinski definition) is 0. The van der Waals surface area contributed by atoms with Gasteiger partial charge in [0.05, 0.1) is 5.69 Å². The summed E-state index contributed by atoms with van der Waals surface area (Å²) in [6.07, 6.45) is 1.34. The summed E-state index contributed by atoms with van der Waals surface area (Å²) in [5, 5.41) is 0. The van der Waals surface area contributed by atoms with E-state index in [1.807, 2.05) is 30.5 Å². The van der Waals surface area contributed by atoms with Gasteiger partial charge in [-0.1, -0.05) is 26.0 Å². The number of nitrogens with zero attached hydrogens (tertiary/aromatic N) is 1. The second kappa shape index (κ2) is 4.55. The van der Waals surface area contributed by atoms with Crippen LogP contribution < -0.4 is 0 Å². The van der Waals surface area contributed by atoms with Gasteiger partial charge >= 0.3 is 0 Å². The van der Waals surface area contributed by atoms with E-state index in [1.165, 1.54) is 6.07 Å². The molecular weight excluding hydrogens is 265 g/mol. The minimum absolute atomic E-state index is 0.0776. The number of fused-ring (bicyclic) bond motifs is 1. The Hall–Kier alpha value is -1.90. The molecule has 1 aliphatic rings. The van der Waals surface area contributed by atoms with Crippen LogP contribution in [0.3, 0.4) is 0 Å². The molecule has 110 valence electrons. The van der Waals surface area contributed by atoms with Gasteiger partial charge in [-0.2, -0.15) is 0 Å². The van der Waals surface area contributed by atoms with Crippen LogP contribution in [0, 0.1) is 25.1 Å². The molecule has 0 fully saturated rings. The number of aryl methyl sites for hydroxylation is 2. The maximum absolute atomic E-state index is 14.3. The number of rotatable bonds is 1. The molecule has 2 aromatic rings. The molecule has 1 heterocycles. The van der Waals surface area contributed by atoms with E-state index in [4.69, 9.17) is 0 Å². The third-order valence-electron chi connectivity index (χ3n) is 4.28. The molecule has 1 aromatic heterocycles. The zero-order chi connectivity index (χ0) is 15.4. The lowest BCUT2D eigenvalue weighted by Crippen LogP contribution is -2.28. The molecule has 1 aliphatic carbocycles. The average Bonchev–Trinajstić information content (AvgIpc) is 2.66. The molecule has 3 rings (SSSR count). The number of hydrogen-bond acceptors (Lipinski definition) is 1. The number of benzene rings is 1. The summed E-state index contributed by atoms with van der Waals surface area (Å²) in [5.41, 5.74) is 4.00. The maximum atomic E-state index is 14.3. The molecule has 21 heavy (non-hydrogen) atoms. The number of carbonyl (C=O) groups is 1. The SMILES string of the molecule is Cc1cccc(F)c1-n1c(C)cc2c1CC(C)(C)CC2=O. The smallest absolute Gasteiger partial charge is 0.165 e. The largest absolute Gasteiger partial charge is 0.315 e. The monoisotopic (exact) mass is 285 g/mol. The molecule has 0 radical (unpaired) electrons. The second-order valence-electron chi connectivity index (χ2n) is 6.83. The van der Waals surface area contributed by atoms with Crippen LogP contribution in [0.4, 0.5) is 4.39 Å². The molecule has 2 nitrogen and oxygen atoms in total. The van der Waals surface area contributed by atoms with Crippen LogP contribution in [-0.4, -0.2) is 10.4 Å². The van der Waals surface area contributed by atoms with Gasteiger partial charge in [0.25, 0.3) is 0 Å². The van der Waals surface area contributed by atoms with Crippen molar-refractivity contribution in [1.82, 2.24) is 4.57 Å². The van der Waals surface area contributed by atoms with E-state index in [9.17, 15) is 9.18 Å². The van der Waals surface area contributed by atoms with Crippen LogP contribution >= 0.6 is 0 Å². The van der Waals surface area contributed by atoms with Crippen molar-refractivity contribution in [2.45, 2.75) is 40.5 Å². The Bertz CT molecular complexity index is 720. The van der Waals surface area contributed by atoms with Gasteiger partial charge in [0, 0.05) is 23.4 Å². The summed E-state index contributed by atoms with van der Waals surface area (Å²) in [5.74, 6) is -0.0792.